The summed E-state index contributed by atoms with van der Waals surface area (Å²) in [6, 6.07) is -5.23. The van der Waals surface area contributed by atoms with Gasteiger partial charge in [0.2, 0.25) is 17.7 Å². The summed E-state index contributed by atoms with van der Waals surface area (Å²) < 4.78 is 0. The lowest BCUT2D eigenvalue weighted by Crippen LogP contribution is -2.59. The van der Waals surface area contributed by atoms with E-state index in [0.29, 0.717) is 6.42 Å². The van der Waals surface area contributed by atoms with Crippen LogP contribution in [0.5, 0.6) is 0 Å². The largest absolute Gasteiger partial charge is 0.480 e. The normalized spacial score (nSPS) is 21.9. The number of carbonyl (C=O) groups is 4. The highest BCUT2D eigenvalue weighted by atomic mass is 16.4. The molecule has 0 spiro atoms. The molecule has 1 fully saturated rings. The highest BCUT2D eigenvalue weighted by Gasteiger charge is 2.39. The molecule has 160 valence electrons. The summed E-state index contributed by atoms with van der Waals surface area (Å²) in [5, 5.41) is 41.8. The number of nitrogens with one attached hydrogen (secondary N) is 2. The van der Waals surface area contributed by atoms with Gasteiger partial charge in [0.15, 0.2) is 6.04 Å². The predicted octanol–water partition coefficient (Wildman–Crippen LogP) is -3.89. The number of nitrogens with two attached hydrogens (primary N) is 1. The first-order valence-corrected chi connectivity index (χ1v) is 8.87. The third-order valence-electron chi connectivity index (χ3n) is 4.50. The second-order valence-electron chi connectivity index (χ2n) is 6.76. The van der Waals surface area contributed by atoms with Crippen molar-refractivity contribution >= 4 is 23.7 Å². The number of carboxylic acid groups (broad SMARTS) is 1. The van der Waals surface area contributed by atoms with E-state index in [1.165, 1.54) is 13.8 Å². The van der Waals surface area contributed by atoms with Gasteiger partial charge >= 0.3 is 5.97 Å². The molecule has 0 bridgehead atoms. The molecule has 0 unspecified atom stereocenters. The number of aliphatic carboxylic acids is 1. The molecule has 1 aliphatic rings. The van der Waals surface area contributed by atoms with E-state index in [0.717, 1.165) is 4.90 Å². The highest BCUT2D eigenvalue weighted by molar-refractivity contribution is 5.94. The molecule has 0 aromatic carbocycles. The summed E-state index contributed by atoms with van der Waals surface area (Å²) >= 11 is 0. The molecule has 0 aliphatic carbocycles. The molecule has 1 heterocycles. The molecule has 0 saturated carbocycles. The van der Waals surface area contributed by atoms with Crippen LogP contribution in [0.4, 0.5) is 0 Å². The zero-order valence-corrected chi connectivity index (χ0v) is 15.7. The Morgan fingerprint density at radius 2 is 1.75 bits per heavy atom. The molecular weight excluding hydrogens is 376 g/mol. The first-order valence-electron chi connectivity index (χ1n) is 8.87. The van der Waals surface area contributed by atoms with Gasteiger partial charge in [0.05, 0.1) is 18.8 Å². The zero-order chi connectivity index (χ0) is 21.6. The Hall–Kier alpha value is -2.28. The van der Waals surface area contributed by atoms with Crippen LogP contribution in [0.3, 0.4) is 0 Å². The number of rotatable bonds is 9. The summed E-state index contributed by atoms with van der Waals surface area (Å²) in [5.74, 6) is -3.77. The van der Waals surface area contributed by atoms with Crippen LogP contribution in [0.15, 0.2) is 0 Å². The SMILES string of the molecule is C[C@@H](O)[C@H](N)C(=O)N[C@@H](CO)C(=O)N1CCC[C@H]1C(=O)N[C@H](C(=O)O)[C@@H](C)O. The van der Waals surface area contributed by atoms with E-state index in [1.807, 2.05) is 0 Å². The molecule has 28 heavy (non-hydrogen) atoms. The molecule has 8 N–H and O–H groups in total. The molecule has 12 heteroatoms. The van der Waals surface area contributed by atoms with Gasteiger partial charge in [-0.2, -0.15) is 0 Å². The lowest BCUT2D eigenvalue weighted by atomic mass is 10.1. The van der Waals surface area contributed by atoms with Gasteiger partial charge < -0.3 is 41.7 Å². The van der Waals surface area contributed by atoms with Crippen molar-refractivity contribution in [3.8, 4) is 0 Å². The van der Waals surface area contributed by atoms with Crippen LogP contribution in [0, 0.1) is 0 Å². The van der Waals surface area contributed by atoms with Crippen molar-refractivity contribution in [3.63, 3.8) is 0 Å². The van der Waals surface area contributed by atoms with Crippen molar-refractivity contribution in [2.75, 3.05) is 13.2 Å². The number of hydrogen-bond acceptors (Lipinski definition) is 8. The predicted molar refractivity (Wildman–Crippen MR) is 94.7 cm³/mol. The number of aliphatic hydroxyl groups is 3. The first kappa shape index (κ1) is 23.8. The summed E-state index contributed by atoms with van der Waals surface area (Å²) in [7, 11) is 0. The van der Waals surface area contributed by atoms with Crippen LogP contribution < -0.4 is 16.4 Å². The average Bonchev–Trinajstić information content (AvgIpc) is 3.11. The molecule has 0 radical (unpaired) electrons. The van der Waals surface area contributed by atoms with Crippen LogP contribution >= 0.6 is 0 Å². The van der Waals surface area contributed by atoms with E-state index in [-0.39, 0.29) is 13.0 Å². The lowest BCUT2D eigenvalue weighted by Gasteiger charge is -2.29. The van der Waals surface area contributed by atoms with Gasteiger partial charge in [-0.3, -0.25) is 14.4 Å². The van der Waals surface area contributed by atoms with Crippen molar-refractivity contribution in [1.29, 1.82) is 0 Å². The Bertz CT molecular complexity index is 597. The third kappa shape index (κ3) is 5.86. The monoisotopic (exact) mass is 404 g/mol. The fraction of sp³-hybridized carbons (Fsp3) is 0.750. The fourth-order valence-corrected chi connectivity index (χ4v) is 2.81. The van der Waals surface area contributed by atoms with Gasteiger partial charge in [0, 0.05) is 6.54 Å². The van der Waals surface area contributed by atoms with E-state index in [1.54, 1.807) is 0 Å². The third-order valence-corrected chi connectivity index (χ3v) is 4.50. The minimum absolute atomic E-state index is 0.165. The van der Waals surface area contributed by atoms with Crippen LogP contribution in [0.25, 0.3) is 0 Å². The number of amides is 3. The summed E-state index contributed by atoms with van der Waals surface area (Å²) in [4.78, 5) is 49.3. The van der Waals surface area contributed by atoms with Gasteiger partial charge in [0.1, 0.15) is 18.1 Å². The maximum absolute atomic E-state index is 12.7. The van der Waals surface area contributed by atoms with Gasteiger partial charge in [-0.15, -0.1) is 0 Å². The van der Waals surface area contributed by atoms with Crippen molar-refractivity contribution in [2.45, 2.75) is 63.1 Å². The van der Waals surface area contributed by atoms with Crippen molar-refractivity contribution in [3.05, 3.63) is 0 Å². The van der Waals surface area contributed by atoms with E-state index in [2.05, 4.69) is 10.6 Å². The van der Waals surface area contributed by atoms with Gasteiger partial charge in [-0.1, -0.05) is 0 Å². The molecule has 0 aromatic heterocycles. The van der Waals surface area contributed by atoms with Crippen LogP contribution in [0.2, 0.25) is 0 Å². The Kier molecular flexibility index (Phi) is 8.75. The number of carboxylic acids is 1. The maximum atomic E-state index is 12.7. The highest BCUT2D eigenvalue weighted by Crippen LogP contribution is 2.19. The van der Waals surface area contributed by atoms with Crippen molar-refractivity contribution < 1.29 is 39.6 Å². The Morgan fingerprint density at radius 3 is 2.21 bits per heavy atom. The van der Waals surface area contributed by atoms with Crippen LogP contribution in [-0.4, -0.2) is 98.5 Å². The van der Waals surface area contributed by atoms with E-state index >= 15 is 0 Å². The van der Waals surface area contributed by atoms with Gasteiger partial charge in [-0.25, -0.2) is 4.79 Å². The smallest absolute Gasteiger partial charge is 0.328 e. The summed E-state index contributed by atoms with van der Waals surface area (Å²) in [6.07, 6.45) is -1.81. The van der Waals surface area contributed by atoms with Gasteiger partial charge in [0.25, 0.3) is 0 Å². The molecule has 0 aromatic rings. The van der Waals surface area contributed by atoms with E-state index in [9.17, 15) is 34.5 Å². The Morgan fingerprint density at radius 1 is 1.14 bits per heavy atom. The minimum Gasteiger partial charge on any atom is -0.480 e. The molecule has 1 aliphatic heterocycles. The number of aliphatic hydroxyl groups excluding tert-OH is 3. The molecule has 6 atom stereocenters. The zero-order valence-electron chi connectivity index (χ0n) is 15.7. The van der Waals surface area contributed by atoms with Crippen LogP contribution in [-0.2, 0) is 19.2 Å². The second kappa shape index (κ2) is 10.3. The number of carbonyl (C=O) groups excluding carboxylic acids is 3. The average molecular weight is 404 g/mol. The fourth-order valence-electron chi connectivity index (χ4n) is 2.81. The van der Waals surface area contributed by atoms with Gasteiger partial charge in [-0.05, 0) is 26.7 Å². The van der Waals surface area contributed by atoms with E-state index < -0.39 is 66.7 Å². The first-order chi connectivity index (χ1) is 13.0. The Labute approximate surface area is 161 Å². The molecule has 3 amide bonds. The maximum Gasteiger partial charge on any atom is 0.328 e. The Balaban J connectivity index is 2.86. The number of hydrogen-bond donors (Lipinski definition) is 7. The minimum atomic E-state index is -1.54. The summed E-state index contributed by atoms with van der Waals surface area (Å²) in [6.45, 7) is 1.91. The molecular formula is C16H28N4O8. The van der Waals surface area contributed by atoms with Crippen molar-refractivity contribution in [2.24, 2.45) is 5.73 Å². The standard InChI is InChI=1S/C16H28N4O8/c1-7(22)11(17)14(25)18-9(6-21)15(26)20-5-3-4-10(20)13(24)19-12(8(2)23)16(27)28/h7-12,21-23H,3-6,17H2,1-2H3,(H,18,25)(H,19,24)(H,27,28)/t7-,8-,9+,10+,11+,12+/m1/s1. The molecule has 1 saturated heterocycles. The topological polar surface area (TPSA) is 203 Å². The molecule has 12 nitrogen and oxygen atoms in total. The number of likely N-dealkylation sites (tertiary alicyclic amines) is 1. The van der Waals surface area contributed by atoms with Crippen LogP contribution in [0.1, 0.15) is 26.7 Å². The molecule has 1 rings (SSSR count). The quantitative estimate of drug-likeness (QED) is 0.200. The number of nitrogens with zero attached hydrogens (tertiary/aromatic N) is 1. The summed E-state index contributed by atoms with van der Waals surface area (Å²) in [5.41, 5.74) is 5.49. The van der Waals surface area contributed by atoms with E-state index in [4.69, 9.17) is 10.8 Å². The lowest BCUT2D eigenvalue weighted by molar-refractivity contribution is -0.147. The second-order valence-corrected chi connectivity index (χ2v) is 6.76. The van der Waals surface area contributed by atoms with Crippen molar-refractivity contribution in [1.82, 2.24) is 15.5 Å².